The van der Waals surface area contributed by atoms with Gasteiger partial charge in [0.05, 0.1) is 10.8 Å². The molecule has 164 valence electrons. The molecule has 2 N–H and O–H groups in total. The van der Waals surface area contributed by atoms with E-state index in [9.17, 15) is 8.42 Å². The highest BCUT2D eigenvalue weighted by Crippen LogP contribution is 2.25. The van der Waals surface area contributed by atoms with Crippen molar-refractivity contribution in [2.24, 2.45) is 4.99 Å². The quantitative estimate of drug-likeness (QED) is 0.319. The van der Waals surface area contributed by atoms with Crippen molar-refractivity contribution in [3.63, 3.8) is 0 Å². The van der Waals surface area contributed by atoms with Crippen LogP contribution in [0.25, 0.3) is 0 Å². The van der Waals surface area contributed by atoms with E-state index in [1.165, 1.54) is 6.26 Å². The third kappa shape index (κ3) is 7.28. The highest BCUT2D eigenvalue weighted by atomic mass is 127. The van der Waals surface area contributed by atoms with Gasteiger partial charge in [-0.15, -0.1) is 24.0 Å². The normalized spacial score (nSPS) is 16.8. The average molecular weight is 564 g/mol. The Morgan fingerprint density at radius 3 is 2.60 bits per heavy atom. The van der Waals surface area contributed by atoms with Crippen molar-refractivity contribution in [1.82, 2.24) is 15.6 Å². The van der Waals surface area contributed by atoms with Gasteiger partial charge in [-0.25, -0.2) is 13.4 Å². The van der Waals surface area contributed by atoms with Crippen molar-refractivity contribution in [3.05, 3.63) is 58.7 Å². The van der Waals surface area contributed by atoms with E-state index in [1.54, 1.807) is 13.2 Å². The summed E-state index contributed by atoms with van der Waals surface area (Å²) in [6.07, 6.45) is 3.96. The molecular weight excluding hydrogens is 537 g/mol. The first-order valence-electron chi connectivity index (χ1n) is 9.42. The van der Waals surface area contributed by atoms with E-state index in [-0.39, 0.29) is 35.8 Å². The van der Waals surface area contributed by atoms with Crippen LogP contribution in [0.1, 0.15) is 17.5 Å². The van der Waals surface area contributed by atoms with Crippen LogP contribution in [0.3, 0.4) is 0 Å². The van der Waals surface area contributed by atoms with Crippen molar-refractivity contribution in [3.8, 4) is 0 Å². The minimum atomic E-state index is -3.02. The Balaban J connectivity index is 0.00000320. The molecule has 0 radical (unpaired) electrons. The summed E-state index contributed by atoms with van der Waals surface area (Å²) >= 11 is 6.26. The van der Waals surface area contributed by atoms with Crippen LogP contribution >= 0.6 is 35.6 Å². The number of hydrogen-bond donors (Lipinski definition) is 2. The van der Waals surface area contributed by atoms with Gasteiger partial charge < -0.3 is 15.5 Å². The number of nitrogens with zero attached hydrogens (tertiary/aromatic N) is 3. The van der Waals surface area contributed by atoms with Crippen molar-refractivity contribution in [2.75, 3.05) is 31.3 Å². The molecule has 10 heteroatoms. The second-order valence-corrected chi connectivity index (χ2v) is 9.74. The van der Waals surface area contributed by atoms with Crippen LogP contribution in [0.4, 0.5) is 5.82 Å². The van der Waals surface area contributed by atoms with Gasteiger partial charge in [0, 0.05) is 45.2 Å². The first kappa shape index (κ1) is 24.7. The van der Waals surface area contributed by atoms with Gasteiger partial charge in [0.1, 0.15) is 5.82 Å². The molecular formula is C20H27ClIN5O2S. The van der Waals surface area contributed by atoms with Crippen LogP contribution in [0.2, 0.25) is 5.02 Å². The molecule has 1 atom stereocenters. The summed E-state index contributed by atoms with van der Waals surface area (Å²) in [6, 6.07) is 11.5. The van der Waals surface area contributed by atoms with Gasteiger partial charge in [0.15, 0.2) is 15.8 Å². The number of hydrogen-bond acceptors (Lipinski definition) is 5. The highest BCUT2D eigenvalue weighted by molar-refractivity contribution is 14.0. The Bertz CT molecular complexity index is 969. The number of anilines is 1. The topological polar surface area (TPSA) is 86.7 Å². The Hall–Kier alpha value is -1.59. The van der Waals surface area contributed by atoms with Crippen LogP contribution in [0.15, 0.2) is 47.6 Å². The third-order valence-electron chi connectivity index (χ3n) is 4.70. The number of rotatable bonds is 6. The number of aromatic nitrogens is 1. The zero-order chi connectivity index (χ0) is 20.9. The molecule has 1 aromatic carbocycles. The van der Waals surface area contributed by atoms with Crippen LogP contribution < -0.4 is 15.5 Å². The number of pyridine rings is 1. The molecule has 30 heavy (non-hydrogen) atoms. The number of sulfone groups is 1. The van der Waals surface area contributed by atoms with E-state index in [4.69, 9.17) is 11.6 Å². The Kier molecular flexibility index (Phi) is 9.17. The summed E-state index contributed by atoms with van der Waals surface area (Å²) in [5, 5.41) is 7.41. The van der Waals surface area contributed by atoms with Crippen molar-refractivity contribution >= 4 is 57.2 Å². The van der Waals surface area contributed by atoms with E-state index < -0.39 is 9.84 Å². The van der Waals surface area contributed by atoms with E-state index in [0.717, 1.165) is 42.4 Å². The molecule has 0 spiro atoms. The molecule has 0 amide bonds. The van der Waals surface area contributed by atoms with Crippen molar-refractivity contribution in [2.45, 2.75) is 24.8 Å². The lowest BCUT2D eigenvalue weighted by Crippen LogP contribution is -2.44. The maximum atomic E-state index is 11.4. The van der Waals surface area contributed by atoms with Gasteiger partial charge >= 0.3 is 0 Å². The standard InChI is InChI=1S/C20H26ClN5O2S.HI/c1-22-20(24-12-15-5-7-16(8-6-15)14-29(2,27)28)25-17-9-11-26(13-17)19-18(21)4-3-10-23-19;/h3-8,10,17H,9,11-14H2,1-2H3,(H2,22,24,25);1H. The van der Waals surface area contributed by atoms with E-state index in [0.29, 0.717) is 11.6 Å². The monoisotopic (exact) mass is 563 g/mol. The van der Waals surface area contributed by atoms with Crippen LogP contribution in [-0.4, -0.2) is 51.8 Å². The van der Waals surface area contributed by atoms with Crippen LogP contribution in [0, 0.1) is 0 Å². The summed E-state index contributed by atoms with van der Waals surface area (Å²) in [4.78, 5) is 10.9. The number of aliphatic imine (C=N–C) groups is 1. The summed E-state index contributed by atoms with van der Waals surface area (Å²) in [5.74, 6) is 1.60. The molecule has 2 aromatic rings. The lowest BCUT2D eigenvalue weighted by molar-refractivity contribution is 0.601. The Labute approximate surface area is 200 Å². The summed E-state index contributed by atoms with van der Waals surface area (Å²) in [6.45, 7) is 2.28. The van der Waals surface area contributed by atoms with Crippen molar-refractivity contribution < 1.29 is 8.42 Å². The van der Waals surface area contributed by atoms with E-state index in [1.807, 2.05) is 36.4 Å². The first-order chi connectivity index (χ1) is 13.8. The molecule has 1 aliphatic rings. The Morgan fingerprint density at radius 2 is 1.97 bits per heavy atom. The molecule has 7 nitrogen and oxygen atoms in total. The first-order valence-corrected chi connectivity index (χ1v) is 11.9. The molecule has 2 heterocycles. The molecule has 1 aromatic heterocycles. The second kappa shape index (κ2) is 11.1. The average Bonchev–Trinajstić information content (AvgIpc) is 3.13. The predicted octanol–water partition coefficient (Wildman–Crippen LogP) is 2.84. The number of halogens is 2. The largest absolute Gasteiger partial charge is 0.353 e. The van der Waals surface area contributed by atoms with Gasteiger partial charge in [0.2, 0.25) is 0 Å². The van der Waals surface area contributed by atoms with E-state index in [2.05, 4.69) is 25.5 Å². The lowest BCUT2D eigenvalue weighted by atomic mass is 10.1. The third-order valence-corrected chi connectivity index (χ3v) is 5.86. The van der Waals surface area contributed by atoms with Crippen LogP contribution in [-0.2, 0) is 22.1 Å². The van der Waals surface area contributed by atoms with Gasteiger partial charge in [-0.3, -0.25) is 4.99 Å². The minimum Gasteiger partial charge on any atom is -0.353 e. The molecule has 1 aliphatic heterocycles. The lowest BCUT2D eigenvalue weighted by Gasteiger charge is -2.20. The molecule has 0 bridgehead atoms. The molecule has 1 fully saturated rings. The maximum absolute atomic E-state index is 11.4. The highest BCUT2D eigenvalue weighted by Gasteiger charge is 2.25. The molecule has 3 rings (SSSR count). The molecule has 1 saturated heterocycles. The number of benzene rings is 1. The van der Waals surface area contributed by atoms with Crippen LogP contribution in [0.5, 0.6) is 0 Å². The second-order valence-electron chi connectivity index (χ2n) is 7.20. The summed E-state index contributed by atoms with van der Waals surface area (Å²) < 4.78 is 22.8. The molecule has 0 aliphatic carbocycles. The predicted molar refractivity (Wildman–Crippen MR) is 134 cm³/mol. The summed E-state index contributed by atoms with van der Waals surface area (Å²) in [5.41, 5.74) is 1.84. The number of guanidine groups is 1. The molecule has 1 unspecified atom stereocenters. The summed E-state index contributed by atoms with van der Waals surface area (Å²) in [7, 11) is -1.28. The SMILES string of the molecule is CN=C(NCc1ccc(CS(C)(=O)=O)cc1)NC1CCN(c2ncccc2Cl)C1.I. The smallest absolute Gasteiger partial charge is 0.191 e. The number of nitrogens with one attached hydrogen (secondary N) is 2. The fraction of sp³-hybridized carbons (Fsp3) is 0.400. The Morgan fingerprint density at radius 1 is 1.27 bits per heavy atom. The van der Waals surface area contributed by atoms with Gasteiger partial charge in [-0.05, 0) is 29.7 Å². The van der Waals surface area contributed by atoms with Gasteiger partial charge in [0.25, 0.3) is 0 Å². The maximum Gasteiger partial charge on any atom is 0.191 e. The minimum absolute atomic E-state index is 0. The van der Waals surface area contributed by atoms with Crippen molar-refractivity contribution in [1.29, 1.82) is 0 Å². The fourth-order valence-electron chi connectivity index (χ4n) is 3.31. The fourth-order valence-corrected chi connectivity index (χ4v) is 4.35. The zero-order valence-electron chi connectivity index (χ0n) is 17.0. The zero-order valence-corrected chi connectivity index (χ0v) is 20.9. The molecule has 0 saturated carbocycles. The van der Waals surface area contributed by atoms with E-state index >= 15 is 0 Å². The van der Waals surface area contributed by atoms with Gasteiger partial charge in [-0.2, -0.15) is 0 Å². The van der Waals surface area contributed by atoms with Gasteiger partial charge in [-0.1, -0.05) is 35.9 Å².